The number of aliphatic carboxylic acids is 1. The van der Waals surface area contributed by atoms with Gasteiger partial charge in [0.2, 0.25) is 0 Å². The summed E-state index contributed by atoms with van der Waals surface area (Å²) in [5.41, 5.74) is -0.729. The number of pyridine rings is 1. The second-order valence-corrected chi connectivity index (χ2v) is 4.98. The normalized spacial score (nSPS) is 18.1. The van der Waals surface area contributed by atoms with E-state index >= 15 is 0 Å². The van der Waals surface area contributed by atoms with E-state index in [1.165, 1.54) is 12.3 Å². The quantitative estimate of drug-likeness (QED) is 0.659. The average Bonchev–Trinajstić information content (AvgIpc) is 2.39. The fourth-order valence-corrected chi connectivity index (χ4v) is 2.12. The Morgan fingerprint density at radius 1 is 1.47 bits per heavy atom. The number of hydrogen-bond donors (Lipinski definition) is 1. The van der Waals surface area contributed by atoms with E-state index in [1.807, 2.05) is 4.90 Å². The Bertz CT molecular complexity index is 492. The fourth-order valence-electron chi connectivity index (χ4n) is 2.12. The molecule has 0 aromatic carbocycles. The number of nitro groups is 1. The minimum atomic E-state index is -0.774. The molecule has 0 unspecified atom stereocenters. The molecule has 0 amide bonds. The van der Waals surface area contributed by atoms with Crippen molar-refractivity contribution >= 4 is 17.5 Å². The molecule has 0 saturated carbocycles. The van der Waals surface area contributed by atoms with E-state index in [1.54, 1.807) is 13.0 Å². The molecule has 0 aliphatic carbocycles. The Labute approximate surface area is 110 Å². The van der Waals surface area contributed by atoms with E-state index in [9.17, 15) is 14.9 Å². The summed E-state index contributed by atoms with van der Waals surface area (Å²) in [5, 5.41) is 19.7. The first kappa shape index (κ1) is 13.3. The number of carboxylic acid groups (broad SMARTS) is 1. The van der Waals surface area contributed by atoms with E-state index in [4.69, 9.17) is 5.11 Å². The van der Waals surface area contributed by atoms with Crippen LogP contribution in [0.5, 0.6) is 0 Å². The summed E-state index contributed by atoms with van der Waals surface area (Å²) in [6.45, 7) is 2.93. The van der Waals surface area contributed by atoms with Gasteiger partial charge in [-0.1, -0.05) is 0 Å². The average molecular weight is 265 g/mol. The maximum atomic E-state index is 11.1. The van der Waals surface area contributed by atoms with Crippen molar-refractivity contribution in [1.29, 1.82) is 0 Å². The van der Waals surface area contributed by atoms with Crippen molar-refractivity contribution in [2.75, 3.05) is 18.0 Å². The predicted molar refractivity (Wildman–Crippen MR) is 68.1 cm³/mol. The third kappa shape index (κ3) is 2.64. The molecule has 7 nitrogen and oxygen atoms in total. The number of carboxylic acids is 1. The molecule has 1 aromatic heterocycles. The summed E-state index contributed by atoms with van der Waals surface area (Å²) >= 11 is 0. The molecular formula is C12H15N3O4. The van der Waals surface area contributed by atoms with Crippen molar-refractivity contribution < 1.29 is 14.8 Å². The van der Waals surface area contributed by atoms with Gasteiger partial charge >= 0.3 is 5.97 Å². The van der Waals surface area contributed by atoms with Gasteiger partial charge < -0.3 is 10.0 Å². The van der Waals surface area contributed by atoms with Gasteiger partial charge in [-0.15, -0.1) is 0 Å². The van der Waals surface area contributed by atoms with Crippen LogP contribution in [-0.4, -0.2) is 34.1 Å². The summed E-state index contributed by atoms with van der Waals surface area (Å²) in [6, 6.07) is 3.01. The molecule has 19 heavy (non-hydrogen) atoms. The van der Waals surface area contributed by atoms with Gasteiger partial charge in [-0.25, -0.2) is 4.98 Å². The maximum absolute atomic E-state index is 11.1. The van der Waals surface area contributed by atoms with Crippen LogP contribution in [0.25, 0.3) is 0 Å². The minimum absolute atomic E-state index is 0.0452. The van der Waals surface area contributed by atoms with Gasteiger partial charge in [-0.05, 0) is 25.8 Å². The van der Waals surface area contributed by atoms with Gasteiger partial charge in [0.1, 0.15) is 12.0 Å². The molecule has 1 aliphatic rings. The van der Waals surface area contributed by atoms with Crippen LogP contribution in [-0.2, 0) is 4.79 Å². The van der Waals surface area contributed by atoms with Crippen molar-refractivity contribution in [3.63, 3.8) is 0 Å². The van der Waals surface area contributed by atoms with Crippen LogP contribution in [0.4, 0.5) is 11.5 Å². The Morgan fingerprint density at radius 2 is 2.11 bits per heavy atom. The molecule has 1 aliphatic heterocycles. The van der Waals surface area contributed by atoms with E-state index < -0.39 is 16.3 Å². The standard InChI is InChI=1S/C12H15N3O4/c1-12(11(16)17)4-6-14(7-5-12)10-3-2-9(8-13-10)15(18)19/h2-3,8H,4-7H2,1H3,(H,16,17). The zero-order valence-corrected chi connectivity index (χ0v) is 10.6. The van der Waals surface area contributed by atoms with Crippen LogP contribution < -0.4 is 4.90 Å². The predicted octanol–water partition coefficient (Wildman–Crippen LogP) is 1.68. The van der Waals surface area contributed by atoms with Crippen LogP contribution in [0.2, 0.25) is 0 Å². The Kier molecular flexibility index (Phi) is 3.37. The molecule has 7 heteroatoms. The van der Waals surface area contributed by atoms with Crippen molar-refractivity contribution in [3.05, 3.63) is 28.4 Å². The minimum Gasteiger partial charge on any atom is -0.481 e. The molecule has 0 atom stereocenters. The zero-order chi connectivity index (χ0) is 14.0. The lowest BCUT2D eigenvalue weighted by Gasteiger charge is -2.36. The molecule has 102 valence electrons. The van der Waals surface area contributed by atoms with Gasteiger partial charge in [0.25, 0.3) is 5.69 Å². The number of aromatic nitrogens is 1. The maximum Gasteiger partial charge on any atom is 0.309 e. The SMILES string of the molecule is CC1(C(=O)O)CCN(c2ccc([N+](=O)[O-])cn2)CC1. The van der Waals surface area contributed by atoms with Gasteiger partial charge in [0.15, 0.2) is 0 Å². The fraction of sp³-hybridized carbons (Fsp3) is 0.500. The van der Waals surface area contributed by atoms with Crippen molar-refractivity contribution in [1.82, 2.24) is 4.98 Å². The lowest BCUT2D eigenvalue weighted by atomic mass is 9.80. The molecule has 2 heterocycles. The van der Waals surface area contributed by atoms with E-state index in [0.29, 0.717) is 31.7 Å². The Balaban J connectivity index is 2.05. The van der Waals surface area contributed by atoms with Gasteiger partial charge in [-0.2, -0.15) is 0 Å². The molecule has 2 rings (SSSR count). The molecule has 0 bridgehead atoms. The van der Waals surface area contributed by atoms with Gasteiger partial charge in [0.05, 0.1) is 10.3 Å². The highest BCUT2D eigenvalue weighted by molar-refractivity contribution is 5.74. The summed E-state index contributed by atoms with van der Waals surface area (Å²) in [5.74, 6) is -0.123. The number of carbonyl (C=O) groups is 1. The van der Waals surface area contributed by atoms with Crippen LogP contribution >= 0.6 is 0 Å². The van der Waals surface area contributed by atoms with Gasteiger partial charge in [-0.3, -0.25) is 14.9 Å². The first-order valence-electron chi connectivity index (χ1n) is 6.01. The topological polar surface area (TPSA) is 96.6 Å². The second kappa shape index (κ2) is 4.83. The Morgan fingerprint density at radius 3 is 2.53 bits per heavy atom. The van der Waals surface area contributed by atoms with E-state index in [2.05, 4.69) is 4.98 Å². The molecule has 0 spiro atoms. The van der Waals surface area contributed by atoms with Crippen LogP contribution in [0.1, 0.15) is 19.8 Å². The lowest BCUT2D eigenvalue weighted by molar-refractivity contribution is -0.385. The smallest absolute Gasteiger partial charge is 0.309 e. The van der Waals surface area contributed by atoms with Crippen LogP contribution in [0.15, 0.2) is 18.3 Å². The first-order chi connectivity index (χ1) is 8.92. The van der Waals surface area contributed by atoms with E-state index in [0.717, 1.165) is 0 Å². The molecule has 1 N–H and O–H groups in total. The Hall–Kier alpha value is -2.18. The third-order valence-electron chi connectivity index (χ3n) is 3.65. The highest BCUT2D eigenvalue weighted by Gasteiger charge is 2.37. The second-order valence-electron chi connectivity index (χ2n) is 4.98. The molecule has 1 saturated heterocycles. The number of hydrogen-bond acceptors (Lipinski definition) is 5. The molecule has 0 radical (unpaired) electrons. The largest absolute Gasteiger partial charge is 0.481 e. The summed E-state index contributed by atoms with van der Waals surface area (Å²) in [4.78, 5) is 27.2. The number of anilines is 1. The molecule has 1 aromatic rings. The number of nitrogens with zero attached hydrogens (tertiary/aromatic N) is 3. The van der Waals surface area contributed by atoms with Crippen LogP contribution in [0.3, 0.4) is 0 Å². The van der Waals surface area contributed by atoms with Crippen molar-refractivity contribution in [2.45, 2.75) is 19.8 Å². The summed E-state index contributed by atoms with van der Waals surface area (Å²) in [6.07, 6.45) is 2.31. The molecular weight excluding hydrogens is 250 g/mol. The third-order valence-corrected chi connectivity index (χ3v) is 3.65. The van der Waals surface area contributed by atoms with E-state index in [-0.39, 0.29) is 5.69 Å². The number of rotatable bonds is 3. The highest BCUT2D eigenvalue weighted by Crippen LogP contribution is 2.32. The summed E-state index contributed by atoms with van der Waals surface area (Å²) < 4.78 is 0. The van der Waals surface area contributed by atoms with Gasteiger partial charge in [0, 0.05) is 19.2 Å². The molecule has 1 fully saturated rings. The summed E-state index contributed by atoms with van der Waals surface area (Å²) in [7, 11) is 0. The lowest BCUT2D eigenvalue weighted by Crippen LogP contribution is -2.43. The van der Waals surface area contributed by atoms with Crippen LogP contribution in [0, 0.1) is 15.5 Å². The first-order valence-corrected chi connectivity index (χ1v) is 6.01. The monoisotopic (exact) mass is 265 g/mol. The van der Waals surface area contributed by atoms with Crippen molar-refractivity contribution in [2.24, 2.45) is 5.41 Å². The van der Waals surface area contributed by atoms with Crippen molar-refractivity contribution in [3.8, 4) is 0 Å². The number of piperidine rings is 1. The zero-order valence-electron chi connectivity index (χ0n) is 10.6. The highest BCUT2D eigenvalue weighted by atomic mass is 16.6.